The lowest BCUT2D eigenvalue weighted by atomic mass is 10.0. The molecule has 0 saturated carbocycles. The van der Waals surface area contributed by atoms with E-state index < -0.39 is 0 Å². The van der Waals surface area contributed by atoms with Crippen LogP contribution in [0.3, 0.4) is 0 Å². The smallest absolute Gasteiger partial charge is 0.0342 e. The van der Waals surface area contributed by atoms with Gasteiger partial charge in [0.25, 0.3) is 0 Å². The third-order valence-electron chi connectivity index (χ3n) is 3.74. The molecular formula is C19H14S. The molecule has 1 aromatic heterocycles. The second-order valence-corrected chi connectivity index (χ2v) is 6.10. The Morgan fingerprint density at radius 1 is 0.650 bits per heavy atom. The fourth-order valence-corrected chi connectivity index (χ4v) is 3.48. The summed E-state index contributed by atoms with van der Waals surface area (Å²) < 4.78 is 1.37. The van der Waals surface area contributed by atoms with E-state index in [0.29, 0.717) is 0 Å². The van der Waals surface area contributed by atoms with E-state index in [0.717, 1.165) is 6.42 Å². The Balaban J connectivity index is 1.72. The van der Waals surface area contributed by atoms with Crippen molar-refractivity contribution in [3.05, 3.63) is 83.2 Å². The standard InChI is InChI=1S/C19H14S/c1-2-4-17-12-14(5-7-16(17)3-1)11-15-6-8-19-18(13-15)9-10-20-19/h1-10,12-13H,11H2. The molecule has 4 rings (SSSR count). The lowest BCUT2D eigenvalue weighted by Crippen LogP contribution is -1.87. The van der Waals surface area contributed by atoms with Gasteiger partial charge in [-0.15, -0.1) is 11.3 Å². The van der Waals surface area contributed by atoms with E-state index in [2.05, 4.69) is 72.1 Å². The molecule has 0 saturated heterocycles. The normalized spacial score (nSPS) is 11.2. The van der Waals surface area contributed by atoms with Crippen LogP contribution in [0.2, 0.25) is 0 Å². The first-order valence-corrected chi connectivity index (χ1v) is 7.70. The molecule has 0 aliphatic rings. The number of hydrogen-bond donors (Lipinski definition) is 0. The number of rotatable bonds is 2. The molecule has 0 fully saturated rings. The van der Waals surface area contributed by atoms with Crippen molar-refractivity contribution >= 4 is 32.2 Å². The van der Waals surface area contributed by atoms with Gasteiger partial charge in [0, 0.05) is 4.70 Å². The van der Waals surface area contributed by atoms with Gasteiger partial charge in [0.2, 0.25) is 0 Å². The molecule has 0 bridgehead atoms. The SMILES string of the molecule is c1ccc2cc(Cc3ccc4sccc4c3)ccc2c1. The summed E-state index contributed by atoms with van der Waals surface area (Å²) in [6.07, 6.45) is 0.997. The van der Waals surface area contributed by atoms with Crippen LogP contribution in [-0.4, -0.2) is 0 Å². The molecule has 0 atom stereocenters. The third kappa shape index (κ3) is 2.10. The summed E-state index contributed by atoms with van der Waals surface area (Å²) in [5.41, 5.74) is 2.75. The third-order valence-corrected chi connectivity index (χ3v) is 4.64. The molecule has 0 spiro atoms. The lowest BCUT2D eigenvalue weighted by molar-refractivity contribution is 1.21. The highest BCUT2D eigenvalue weighted by Gasteiger charge is 2.01. The predicted molar refractivity (Wildman–Crippen MR) is 88.6 cm³/mol. The van der Waals surface area contributed by atoms with Gasteiger partial charge in [-0.1, -0.05) is 48.5 Å². The van der Waals surface area contributed by atoms with E-state index in [9.17, 15) is 0 Å². The molecule has 1 heteroatoms. The molecular weight excluding hydrogens is 260 g/mol. The van der Waals surface area contributed by atoms with Gasteiger partial charge in [0.1, 0.15) is 0 Å². The minimum Gasteiger partial charge on any atom is -0.144 e. The molecule has 0 amide bonds. The monoisotopic (exact) mass is 274 g/mol. The molecule has 20 heavy (non-hydrogen) atoms. The van der Waals surface area contributed by atoms with Crippen molar-refractivity contribution < 1.29 is 0 Å². The van der Waals surface area contributed by atoms with E-state index in [1.165, 1.54) is 32.0 Å². The van der Waals surface area contributed by atoms with Gasteiger partial charge < -0.3 is 0 Å². The van der Waals surface area contributed by atoms with E-state index in [1.807, 2.05) is 0 Å². The molecule has 3 aromatic carbocycles. The molecule has 0 unspecified atom stereocenters. The van der Waals surface area contributed by atoms with Crippen LogP contribution in [-0.2, 0) is 6.42 Å². The molecule has 0 nitrogen and oxygen atoms in total. The molecule has 96 valence electrons. The topological polar surface area (TPSA) is 0 Å². The maximum atomic E-state index is 2.31. The highest BCUT2D eigenvalue weighted by molar-refractivity contribution is 7.17. The van der Waals surface area contributed by atoms with Crippen LogP contribution in [0.25, 0.3) is 20.9 Å². The zero-order chi connectivity index (χ0) is 13.4. The summed E-state index contributed by atoms with van der Waals surface area (Å²) in [6.45, 7) is 0. The summed E-state index contributed by atoms with van der Waals surface area (Å²) in [4.78, 5) is 0. The molecule has 1 heterocycles. The summed E-state index contributed by atoms with van der Waals surface area (Å²) in [7, 11) is 0. The van der Waals surface area contributed by atoms with Crippen molar-refractivity contribution in [2.24, 2.45) is 0 Å². The number of fused-ring (bicyclic) bond motifs is 2. The highest BCUT2D eigenvalue weighted by atomic mass is 32.1. The molecule has 0 N–H and O–H groups in total. The summed E-state index contributed by atoms with van der Waals surface area (Å²) in [6, 6.07) is 24.3. The number of benzene rings is 3. The number of thiophene rings is 1. The van der Waals surface area contributed by atoms with Gasteiger partial charge in [-0.3, -0.25) is 0 Å². The van der Waals surface area contributed by atoms with Gasteiger partial charge in [0.05, 0.1) is 0 Å². The van der Waals surface area contributed by atoms with Crippen LogP contribution in [0, 0.1) is 0 Å². The Morgan fingerprint density at radius 3 is 2.30 bits per heavy atom. The highest BCUT2D eigenvalue weighted by Crippen LogP contribution is 2.24. The quantitative estimate of drug-likeness (QED) is 0.443. The van der Waals surface area contributed by atoms with Crippen molar-refractivity contribution in [3.8, 4) is 0 Å². The van der Waals surface area contributed by atoms with Crippen molar-refractivity contribution in [1.29, 1.82) is 0 Å². The maximum Gasteiger partial charge on any atom is 0.0342 e. The van der Waals surface area contributed by atoms with Gasteiger partial charge in [-0.25, -0.2) is 0 Å². The van der Waals surface area contributed by atoms with Crippen LogP contribution in [0.15, 0.2) is 72.1 Å². The van der Waals surface area contributed by atoms with Gasteiger partial charge >= 0.3 is 0 Å². The van der Waals surface area contributed by atoms with E-state index >= 15 is 0 Å². The average molecular weight is 274 g/mol. The van der Waals surface area contributed by atoms with Crippen LogP contribution >= 0.6 is 11.3 Å². The summed E-state index contributed by atoms with van der Waals surface area (Å²) >= 11 is 1.80. The molecule has 4 aromatic rings. The van der Waals surface area contributed by atoms with Crippen molar-refractivity contribution in [2.75, 3.05) is 0 Å². The zero-order valence-corrected chi connectivity index (χ0v) is 11.9. The summed E-state index contributed by atoms with van der Waals surface area (Å²) in [5, 5.41) is 6.14. The fourth-order valence-electron chi connectivity index (χ4n) is 2.71. The van der Waals surface area contributed by atoms with E-state index in [-0.39, 0.29) is 0 Å². The molecule has 0 aliphatic carbocycles. The van der Waals surface area contributed by atoms with Crippen LogP contribution in [0.4, 0.5) is 0 Å². The van der Waals surface area contributed by atoms with Gasteiger partial charge in [-0.2, -0.15) is 0 Å². The lowest BCUT2D eigenvalue weighted by Gasteiger charge is -2.05. The Labute approximate surface area is 122 Å². The van der Waals surface area contributed by atoms with Crippen molar-refractivity contribution in [3.63, 3.8) is 0 Å². The molecule has 0 radical (unpaired) electrons. The number of hydrogen-bond acceptors (Lipinski definition) is 1. The van der Waals surface area contributed by atoms with Crippen LogP contribution in [0.1, 0.15) is 11.1 Å². The van der Waals surface area contributed by atoms with Crippen molar-refractivity contribution in [1.82, 2.24) is 0 Å². The fraction of sp³-hybridized carbons (Fsp3) is 0.0526. The van der Waals surface area contributed by atoms with E-state index in [1.54, 1.807) is 11.3 Å². The van der Waals surface area contributed by atoms with Crippen LogP contribution in [0.5, 0.6) is 0 Å². The second kappa shape index (κ2) is 4.77. The Kier molecular flexibility index (Phi) is 2.79. The van der Waals surface area contributed by atoms with Crippen LogP contribution < -0.4 is 0 Å². The first-order chi connectivity index (χ1) is 9.88. The Hall–Kier alpha value is -2.12. The Morgan fingerprint density at radius 2 is 1.40 bits per heavy atom. The van der Waals surface area contributed by atoms with Gasteiger partial charge in [-0.05, 0) is 57.3 Å². The minimum absolute atomic E-state index is 0.997. The average Bonchev–Trinajstić information content (AvgIpc) is 2.95. The second-order valence-electron chi connectivity index (χ2n) is 5.15. The van der Waals surface area contributed by atoms with Gasteiger partial charge in [0.15, 0.2) is 0 Å². The minimum atomic E-state index is 0.997. The van der Waals surface area contributed by atoms with E-state index in [4.69, 9.17) is 0 Å². The predicted octanol–water partition coefficient (Wildman–Crippen LogP) is 5.65. The van der Waals surface area contributed by atoms with Crippen molar-refractivity contribution in [2.45, 2.75) is 6.42 Å². The Bertz CT molecular complexity index is 886. The first kappa shape index (κ1) is 11.7. The summed E-state index contributed by atoms with van der Waals surface area (Å²) in [5.74, 6) is 0. The zero-order valence-electron chi connectivity index (χ0n) is 11.0. The largest absolute Gasteiger partial charge is 0.144 e. The molecule has 0 aliphatic heterocycles. The maximum absolute atomic E-state index is 2.31. The first-order valence-electron chi connectivity index (χ1n) is 6.82.